The third-order valence-electron chi connectivity index (χ3n) is 4.08. The van der Waals surface area contributed by atoms with Gasteiger partial charge >= 0.3 is 5.97 Å². The lowest BCUT2D eigenvalue weighted by molar-refractivity contribution is -0.138. The number of phenolic OH excluding ortho intramolecular Hbond substituents is 1. The summed E-state index contributed by atoms with van der Waals surface area (Å²) in [5.41, 5.74) is 2.73. The first kappa shape index (κ1) is 16.9. The van der Waals surface area contributed by atoms with Crippen molar-refractivity contribution >= 4 is 11.7 Å². The van der Waals surface area contributed by atoms with Crippen LogP contribution in [0.4, 0.5) is 5.69 Å². The van der Waals surface area contributed by atoms with E-state index in [1.807, 2.05) is 24.3 Å². The second-order valence-electron chi connectivity index (χ2n) is 5.53. The van der Waals surface area contributed by atoms with E-state index in [1.165, 1.54) is 6.07 Å². The van der Waals surface area contributed by atoms with E-state index in [2.05, 4.69) is 18.7 Å². The topological polar surface area (TPSA) is 60.8 Å². The predicted octanol–water partition coefficient (Wildman–Crippen LogP) is 3.65. The van der Waals surface area contributed by atoms with Gasteiger partial charge < -0.3 is 15.1 Å². The zero-order valence-electron chi connectivity index (χ0n) is 13.6. The Labute approximate surface area is 137 Å². The normalized spacial score (nSPS) is 11.9. The van der Waals surface area contributed by atoms with Crippen molar-refractivity contribution in [2.24, 2.45) is 0 Å². The van der Waals surface area contributed by atoms with E-state index in [1.54, 1.807) is 18.2 Å². The van der Waals surface area contributed by atoms with Crippen LogP contribution in [0.2, 0.25) is 0 Å². The van der Waals surface area contributed by atoms with E-state index in [-0.39, 0.29) is 5.75 Å². The van der Waals surface area contributed by atoms with Crippen LogP contribution in [0, 0.1) is 0 Å². The lowest BCUT2D eigenvalue weighted by Gasteiger charge is -2.21. The van der Waals surface area contributed by atoms with Crippen molar-refractivity contribution in [3.05, 3.63) is 59.7 Å². The number of anilines is 1. The first-order valence-corrected chi connectivity index (χ1v) is 7.90. The van der Waals surface area contributed by atoms with Gasteiger partial charge in [0, 0.05) is 18.8 Å². The highest BCUT2D eigenvalue weighted by atomic mass is 16.4. The molecule has 0 fully saturated rings. The molecule has 0 aromatic heterocycles. The third-order valence-corrected chi connectivity index (χ3v) is 4.08. The molecule has 0 saturated heterocycles. The van der Waals surface area contributed by atoms with Gasteiger partial charge in [-0.2, -0.15) is 0 Å². The Hall–Kier alpha value is -2.49. The van der Waals surface area contributed by atoms with Crippen LogP contribution in [0.25, 0.3) is 0 Å². The number of rotatable bonds is 7. The van der Waals surface area contributed by atoms with Gasteiger partial charge in [0.05, 0.1) is 5.92 Å². The van der Waals surface area contributed by atoms with Crippen molar-refractivity contribution in [1.82, 2.24) is 0 Å². The third kappa shape index (κ3) is 4.25. The monoisotopic (exact) mass is 313 g/mol. The van der Waals surface area contributed by atoms with Crippen molar-refractivity contribution in [2.45, 2.75) is 26.2 Å². The first-order chi connectivity index (χ1) is 11.0. The summed E-state index contributed by atoms with van der Waals surface area (Å²) in [4.78, 5) is 13.8. The molecule has 2 N–H and O–H groups in total. The molecule has 0 radical (unpaired) electrons. The fourth-order valence-corrected chi connectivity index (χ4v) is 2.76. The number of benzene rings is 2. The highest BCUT2D eigenvalue weighted by molar-refractivity contribution is 5.76. The number of nitrogens with zero attached hydrogens (tertiary/aromatic N) is 1. The van der Waals surface area contributed by atoms with Crippen LogP contribution < -0.4 is 4.90 Å². The summed E-state index contributed by atoms with van der Waals surface area (Å²) in [6, 6.07) is 14.5. The Morgan fingerprint density at radius 2 is 1.74 bits per heavy atom. The maximum atomic E-state index is 11.6. The zero-order chi connectivity index (χ0) is 16.8. The molecule has 4 nitrogen and oxygen atoms in total. The van der Waals surface area contributed by atoms with E-state index in [9.17, 15) is 15.0 Å². The number of phenols is 1. The second kappa shape index (κ2) is 7.68. The van der Waals surface area contributed by atoms with Crippen LogP contribution in [0.15, 0.2) is 48.5 Å². The van der Waals surface area contributed by atoms with Gasteiger partial charge in [0.25, 0.3) is 0 Å². The summed E-state index contributed by atoms with van der Waals surface area (Å²) in [5.74, 6) is -1.46. The standard InChI is InChI=1S/C19H23NO3/c1-3-20(4-2)16-10-8-14(9-11-16)12-18(19(22)23)15-6-5-7-17(21)13-15/h5-11,13,18,21H,3-4,12H2,1-2H3,(H,22,23). The van der Waals surface area contributed by atoms with Gasteiger partial charge in [0.2, 0.25) is 0 Å². The number of carboxylic acid groups (broad SMARTS) is 1. The first-order valence-electron chi connectivity index (χ1n) is 7.90. The van der Waals surface area contributed by atoms with Gasteiger partial charge in [-0.15, -0.1) is 0 Å². The molecule has 1 atom stereocenters. The van der Waals surface area contributed by atoms with Crippen LogP contribution >= 0.6 is 0 Å². The van der Waals surface area contributed by atoms with E-state index in [4.69, 9.17) is 0 Å². The van der Waals surface area contributed by atoms with Gasteiger partial charge in [-0.1, -0.05) is 24.3 Å². The number of hydrogen-bond acceptors (Lipinski definition) is 3. The molecule has 0 spiro atoms. The highest BCUT2D eigenvalue weighted by Gasteiger charge is 2.20. The Bertz CT molecular complexity index is 648. The minimum absolute atomic E-state index is 0.0885. The molecule has 0 heterocycles. The van der Waals surface area contributed by atoms with Crippen molar-refractivity contribution in [3.63, 3.8) is 0 Å². The molecule has 23 heavy (non-hydrogen) atoms. The molecule has 0 bridgehead atoms. The largest absolute Gasteiger partial charge is 0.508 e. The lowest BCUT2D eigenvalue weighted by Crippen LogP contribution is -2.21. The summed E-state index contributed by atoms with van der Waals surface area (Å²) in [6.45, 7) is 6.10. The SMILES string of the molecule is CCN(CC)c1ccc(CC(C(=O)O)c2cccc(O)c2)cc1. The number of aliphatic carboxylic acids is 1. The van der Waals surface area contributed by atoms with Gasteiger partial charge in [0.15, 0.2) is 0 Å². The van der Waals surface area contributed by atoms with Crippen LogP contribution in [0.3, 0.4) is 0 Å². The molecule has 122 valence electrons. The quantitative estimate of drug-likeness (QED) is 0.819. The molecule has 2 aromatic rings. The molecule has 4 heteroatoms. The Balaban J connectivity index is 2.19. The van der Waals surface area contributed by atoms with E-state index >= 15 is 0 Å². The number of aromatic hydroxyl groups is 1. The summed E-state index contributed by atoms with van der Waals surface area (Å²) in [5, 5.41) is 19.1. The van der Waals surface area contributed by atoms with Gasteiger partial charge in [-0.25, -0.2) is 0 Å². The van der Waals surface area contributed by atoms with Crippen molar-refractivity contribution in [3.8, 4) is 5.75 Å². The fraction of sp³-hybridized carbons (Fsp3) is 0.316. The smallest absolute Gasteiger partial charge is 0.311 e. The Kier molecular flexibility index (Phi) is 5.63. The van der Waals surface area contributed by atoms with Crippen LogP contribution in [-0.4, -0.2) is 29.3 Å². The van der Waals surface area contributed by atoms with Crippen molar-refractivity contribution in [2.75, 3.05) is 18.0 Å². The fourth-order valence-electron chi connectivity index (χ4n) is 2.76. The van der Waals surface area contributed by atoms with Crippen molar-refractivity contribution < 1.29 is 15.0 Å². The molecule has 0 amide bonds. The lowest BCUT2D eigenvalue weighted by atomic mass is 9.92. The summed E-state index contributed by atoms with van der Waals surface area (Å²) in [6.07, 6.45) is 0.400. The van der Waals surface area contributed by atoms with Gasteiger partial charge in [0.1, 0.15) is 5.75 Å². The van der Waals surface area contributed by atoms with Crippen LogP contribution in [0.1, 0.15) is 30.9 Å². The summed E-state index contributed by atoms with van der Waals surface area (Å²) in [7, 11) is 0. The predicted molar refractivity (Wildman–Crippen MR) is 92.2 cm³/mol. The molecule has 0 aliphatic heterocycles. The molecular formula is C19H23NO3. The molecule has 0 saturated carbocycles. The molecule has 2 rings (SSSR count). The Morgan fingerprint density at radius 1 is 1.09 bits per heavy atom. The number of hydrogen-bond donors (Lipinski definition) is 2. The molecule has 0 aliphatic carbocycles. The maximum Gasteiger partial charge on any atom is 0.311 e. The van der Waals surface area contributed by atoms with Crippen molar-refractivity contribution in [1.29, 1.82) is 0 Å². The number of carboxylic acids is 1. The average molecular weight is 313 g/mol. The van der Waals surface area contributed by atoms with Crippen LogP contribution in [-0.2, 0) is 11.2 Å². The van der Waals surface area contributed by atoms with Gasteiger partial charge in [-0.05, 0) is 55.7 Å². The van der Waals surface area contributed by atoms with Crippen LogP contribution in [0.5, 0.6) is 5.75 Å². The zero-order valence-corrected chi connectivity index (χ0v) is 13.6. The van der Waals surface area contributed by atoms with E-state index in [0.29, 0.717) is 12.0 Å². The summed E-state index contributed by atoms with van der Waals surface area (Å²) < 4.78 is 0. The highest BCUT2D eigenvalue weighted by Crippen LogP contribution is 2.25. The number of carbonyl (C=O) groups is 1. The molecule has 2 aromatic carbocycles. The molecule has 1 unspecified atom stereocenters. The van der Waals surface area contributed by atoms with E-state index < -0.39 is 11.9 Å². The maximum absolute atomic E-state index is 11.6. The second-order valence-corrected chi connectivity index (χ2v) is 5.53. The van der Waals surface area contributed by atoms with Gasteiger partial charge in [-0.3, -0.25) is 4.79 Å². The average Bonchev–Trinajstić information content (AvgIpc) is 2.54. The minimum Gasteiger partial charge on any atom is -0.508 e. The summed E-state index contributed by atoms with van der Waals surface area (Å²) >= 11 is 0. The van der Waals surface area contributed by atoms with E-state index in [0.717, 1.165) is 24.3 Å². The molecular weight excluding hydrogens is 290 g/mol. The molecule has 0 aliphatic rings. The Morgan fingerprint density at radius 3 is 2.26 bits per heavy atom. The minimum atomic E-state index is -0.886.